The molecular formula is C13H17Cl2NO2. The van der Waals surface area contributed by atoms with Gasteiger partial charge in [-0.05, 0) is 25.0 Å². The van der Waals surface area contributed by atoms with Gasteiger partial charge in [-0.2, -0.15) is 0 Å². The van der Waals surface area contributed by atoms with Crippen molar-refractivity contribution in [2.45, 2.75) is 18.9 Å². The molecule has 1 aliphatic rings. The van der Waals surface area contributed by atoms with Crippen LogP contribution < -0.4 is 10.1 Å². The highest BCUT2D eigenvalue weighted by molar-refractivity contribution is 6.42. The van der Waals surface area contributed by atoms with Gasteiger partial charge in [-0.15, -0.1) is 0 Å². The zero-order chi connectivity index (χ0) is 12.8. The molecule has 0 bridgehead atoms. The summed E-state index contributed by atoms with van der Waals surface area (Å²) in [6.07, 6.45) is 2.68. The van der Waals surface area contributed by atoms with Crippen LogP contribution in [0.5, 0.6) is 5.75 Å². The molecule has 1 saturated heterocycles. The van der Waals surface area contributed by atoms with E-state index in [0.717, 1.165) is 26.1 Å². The first kappa shape index (κ1) is 13.9. The van der Waals surface area contributed by atoms with Crippen molar-refractivity contribution in [2.75, 3.05) is 26.3 Å². The standard InChI is InChI=1S/C13H17Cl2NO2/c14-11-4-1-5-12(13(11)15)18-8-6-16-9-10-3-2-7-17-10/h1,4-5,10,16H,2-3,6-9H2. The summed E-state index contributed by atoms with van der Waals surface area (Å²) in [4.78, 5) is 0. The van der Waals surface area contributed by atoms with Crippen molar-refractivity contribution in [1.82, 2.24) is 5.32 Å². The van der Waals surface area contributed by atoms with E-state index in [1.54, 1.807) is 6.07 Å². The summed E-state index contributed by atoms with van der Waals surface area (Å²) in [6, 6.07) is 5.38. The monoisotopic (exact) mass is 289 g/mol. The highest BCUT2D eigenvalue weighted by Gasteiger charge is 2.14. The first-order valence-electron chi connectivity index (χ1n) is 6.16. The van der Waals surface area contributed by atoms with Gasteiger partial charge in [-0.3, -0.25) is 0 Å². The number of hydrogen-bond donors (Lipinski definition) is 1. The van der Waals surface area contributed by atoms with Crippen molar-refractivity contribution < 1.29 is 9.47 Å². The third kappa shape index (κ3) is 4.02. The molecule has 1 unspecified atom stereocenters. The lowest BCUT2D eigenvalue weighted by atomic mass is 10.2. The van der Waals surface area contributed by atoms with Crippen molar-refractivity contribution in [3.8, 4) is 5.75 Å². The summed E-state index contributed by atoms with van der Waals surface area (Å²) in [5.74, 6) is 0.628. The summed E-state index contributed by atoms with van der Waals surface area (Å²) in [5, 5.41) is 4.29. The normalized spacial score (nSPS) is 19.1. The van der Waals surface area contributed by atoms with E-state index in [1.807, 2.05) is 12.1 Å². The number of benzene rings is 1. The van der Waals surface area contributed by atoms with E-state index >= 15 is 0 Å². The molecule has 0 saturated carbocycles. The maximum atomic E-state index is 6.01. The lowest BCUT2D eigenvalue weighted by Gasteiger charge is -2.12. The fourth-order valence-corrected chi connectivity index (χ4v) is 2.24. The molecule has 0 aromatic heterocycles. The second kappa shape index (κ2) is 7.19. The second-order valence-corrected chi connectivity index (χ2v) is 5.02. The second-order valence-electron chi connectivity index (χ2n) is 4.24. The molecule has 1 fully saturated rings. The Bertz CT molecular complexity index is 381. The lowest BCUT2D eigenvalue weighted by Crippen LogP contribution is -2.29. The Morgan fingerprint density at radius 3 is 3.06 bits per heavy atom. The predicted octanol–water partition coefficient (Wildman–Crippen LogP) is 3.14. The molecule has 1 atom stereocenters. The van der Waals surface area contributed by atoms with Crippen molar-refractivity contribution >= 4 is 23.2 Å². The highest BCUT2D eigenvalue weighted by atomic mass is 35.5. The van der Waals surface area contributed by atoms with Crippen LogP contribution in [0.25, 0.3) is 0 Å². The molecule has 0 spiro atoms. The van der Waals surface area contributed by atoms with Crippen molar-refractivity contribution in [2.24, 2.45) is 0 Å². The first-order chi connectivity index (χ1) is 8.77. The van der Waals surface area contributed by atoms with Gasteiger partial charge in [-0.1, -0.05) is 29.3 Å². The molecule has 1 aliphatic heterocycles. The number of rotatable bonds is 6. The molecule has 18 heavy (non-hydrogen) atoms. The minimum atomic E-state index is 0.361. The highest BCUT2D eigenvalue weighted by Crippen LogP contribution is 2.31. The smallest absolute Gasteiger partial charge is 0.139 e. The van der Waals surface area contributed by atoms with Gasteiger partial charge in [0.05, 0.1) is 11.1 Å². The average Bonchev–Trinajstić information content (AvgIpc) is 2.87. The Morgan fingerprint density at radius 2 is 2.28 bits per heavy atom. The number of halogens is 2. The molecule has 1 N–H and O–H groups in total. The van der Waals surface area contributed by atoms with E-state index in [2.05, 4.69) is 5.32 Å². The third-order valence-corrected chi connectivity index (χ3v) is 3.65. The van der Waals surface area contributed by atoms with Gasteiger partial charge in [0.25, 0.3) is 0 Å². The van der Waals surface area contributed by atoms with Gasteiger partial charge in [0.2, 0.25) is 0 Å². The van der Waals surface area contributed by atoms with Gasteiger partial charge >= 0.3 is 0 Å². The summed E-state index contributed by atoms with van der Waals surface area (Å²) >= 11 is 11.9. The maximum absolute atomic E-state index is 6.01. The molecular weight excluding hydrogens is 273 g/mol. The fourth-order valence-electron chi connectivity index (χ4n) is 1.90. The zero-order valence-corrected chi connectivity index (χ0v) is 11.6. The van der Waals surface area contributed by atoms with Crippen LogP contribution >= 0.6 is 23.2 Å². The molecule has 0 amide bonds. The molecule has 5 heteroatoms. The Balaban J connectivity index is 1.64. The largest absolute Gasteiger partial charge is 0.491 e. The van der Waals surface area contributed by atoms with Gasteiger partial charge in [-0.25, -0.2) is 0 Å². The molecule has 1 aromatic rings. The minimum Gasteiger partial charge on any atom is -0.491 e. The van der Waals surface area contributed by atoms with Crippen LogP contribution in [-0.2, 0) is 4.74 Å². The molecule has 2 rings (SSSR count). The van der Waals surface area contributed by atoms with Crippen molar-refractivity contribution in [1.29, 1.82) is 0 Å². The van der Waals surface area contributed by atoms with Gasteiger partial charge in [0.1, 0.15) is 17.4 Å². The SMILES string of the molecule is Clc1cccc(OCCNCC2CCCO2)c1Cl. The van der Waals surface area contributed by atoms with Crippen LogP contribution in [-0.4, -0.2) is 32.4 Å². The number of ether oxygens (including phenoxy) is 2. The number of hydrogen-bond acceptors (Lipinski definition) is 3. The summed E-state index contributed by atoms with van der Waals surface area (Å²) < 4.78 is 11.1. The van der Waals surface area contributed by atoms with Crippen LogP contribution in [0.15, 0.2) is 18.2 Å². The van der Waals surface area contributed by atoms with E-state index in [-0.39, 0.29) is 0 Å². The maximum Gasteiger partial charge on any atom is 0.139 e. The van der Waals surface area contributed by atoms with Crippen LogP contribution in [0.3, 0.4) is 0 Å². The Morgan fingerprint density at radius 1 is 1.39 bits per heavy atom. The third-order valence-electron chi connectivity index (χ3n) is 2.85. The van der Waals surface area contributed by atoms with Crippen molar-refractivity contribution in [3.05, 3.63) is 28.2 Å². The summed E-state index contributed by atoms with van der Waals surface area (Å²) in [5.41, 5.74) is 0. The summed E-state index contributed by atoms with van der Waals surface area (Å²) in [6.45, 7) is 3.10. The lowest BCUT2D eigenvalue weighted by molar-refractivity contribution is 0.109. The molecule has 1 aromatic carbocycles. The molecule has 100 valence electrons. The van der Waals surface area contributed by atoms with Crippen LogP contribution in [0.4, 0.5) is 0 Å². The Hall–Kier alpha value is -0.480. The quantitative estimate of drug-likeness (QED) is 0.816. The van der Waals surface area contributed by atoms with Crippen LogP contribution in [0.2, 0.25) is 10.0 Å². The minimum absolute atomic E-state index is 0.361. The first-order valence-corrected chi connectivity index (χ1v) is 6.92. The zero-order valence-electron chi connectivity index (χ0n) is 10.1. The fraction of sp³-hybridized carbons (Fsp3) is 0.538. The van der Waals surface area contributed by atoms with E-state index in [1.165, 1.54) is 6.42 Å². The van der Waals surface area contributed by atoms with E-state index in [9.17, 15) is 0 Å². The van der Waals surface area contributed by atoms with Gasteiger partial charge < -0.3 is 14.8 Å². The van der Waals surface area contributed by atoms with Crippen LogP contribution in [0.1, 0.15) is 12.8 Å². The van der Waals surface area contributed by atoms with Crippen LogP contribution in [0, 0.1) is 0 Å². The Kier molecular flexibility index (Phi) is 5.57. The predicted molar refractivity (Wildman–Crippen MR) is 73.8 cm³/mol. The van der Waals surface area contributed by atoms with Crippen molar-refractivity contribution in [3.63, 3.8) is 0 Å². The van der Waals surface area contributed by atoms with E-state index in [0.29, 0.717) is 28.5 Å². The molecule has 0 radical (unpaired) electrons. The van der Waals surface area contributed by atoms with Gasteiger partial charge in [0, 0.05) is 19.7 Å². The molecule has 3 nitrogen and oxygen atoms in total. The summed E-state index contributed by atoms with van der Waals surface area (Å²) in [7, 11) is 0. The average molecular weight is 290 g/mol. The van der Waals surface area contributed by atoms with E-state index < -0.39 is 0 Å². The van der Waals surface area contributed by atoms with Gasteiger partial charge in [0.15, 0.2) is 0 Å². The Labute approximate surface area is 117 Å². The molecule has 1 heterocycles. The molecule has 0 aliphatic carbocycles. The van der Waals surface area contributed by atoms with E-state index in [4.69, 9.17) is 32.7 Å². The number of nitrogens with one attached hydrogen (secondary N) is 1. The topological polar surface area (TPSA) is 30.5 Å².